The predicted molar refractivity (Wildman–Crippen MR) is 88.7 cm³/mol. The van der Waals surface area contributed by atoms with E-state index in [-0.39, 0.29) is 10.6 Å². The summed E-state index contributed by atoms with van der Waals surface area (Å²) in [5.74, 6) is -0.391. The van der Waals surface area contributed by atoms with Crippen molar-refractivity contribution < 1.29 is 4.39 Å². The van der Waals surface area contributed by atoms with Crippen molar-refractivity contribution in [3.05, 3.63) is 58.9 Å². The first-order chi connectivity index (χ1) is 10.2. The standard InChI is InChI=1S/C17H17FN2S/c18-13-8-4-10-15(16(13)17(19)21)20-14-9-3-6-11-5-1-2-7-12(11)14/h3-4,6,8-10,20H,1-2,5,7H2,(H2,19,21). The number of thiocarbonyl (C=S) groups is 1. The molecule has 0 spiro atoms. The van der Waals surface area contributed by atoms with Crippen molar-refractivity contribution in [2.75, 3.05) is 5.32 Å². The van der Waals surface area contributed by atoms with Crippen LogP contribution >= 0.6 is 12.2 Å². The molecule has 0 saturated carbocycles. The van der Waals surface area contributed by atoms with E-state index in [0.29, 0.717) is 5.69 Å². The van der Waals surface area contributed by atoms with E-state index in [1.807, 2.05) is 12.1 Å². The SMILES string of the molecule is NC(=S)c1c(F)cccc1Nc1cccc2c1CCCC2. The van der Waals surface area contributed by atoms with E-state index in [2.05, 4.69) is 11.4 Å². The minimum atomic E-state index is -0.391. The summed E-state index contributed by atoms with van der Waals surface area (Å²) in [6.45, 7) is 0. The Bertz CT molecular complexity index is 697. The molecule has 0 aromatic heterocycles. The third kappa shape index (κ3) is 2.76. The summed E-state index contributed by atoms with van der Waals surface area (Å²) in [5, 5.41) is 3.32. The van der Waals surface area contributed by atoms with Crippen LogP contribution in [-0.4, -0.2) is 4.99 Å². The maximum absolute atomic E-state index is 13.9. The Labute approximate surface area is 129 Å². The zero-order valence-electron chi connectivity index (χ0n) is 11.7. The molecule has 0 amide bonds. The molecule has 4 heteroatoms. The van der Waals surface area contributed by atoms with Crippen molar-refractivity contribution in [2.24, 2.45) is 5.73 Å². The van der Waals surface area contributed by atoms with E-state index < -0.39 is 5.82 Å². The Hall–Kier alpha value is -1.94. The van der Waals surface area contributed by atoms with Crippen LogP contribution in [0, 0.1) is 5.82 Å². The van der Waals surface area contributed by atoms with Gasteiger partial charge in [-0.25, -0.2) is 4.39 Å². The number of anilines is 2. The highest BCUT2D eigenvalue weighted by Gasteiger charge is 2.15. The first-order valence-electron chi connectivity index (χ1n) is 7.13. The number of hydrogen-bond acceptors (Lipinski definition) is 2. The second-order valence-electron chi connectivity index (χ2n) is 5.30. The van der Waals surface area contributed by atoms with Crippen LogP contribution in [0.3, 0.4) is 0 Å². The van der Waals surface area contributed by atoms with Crippen molar-refractivity contribution in [1.82, 2.24) is 0 Å². The van der Waals surface area contributed by atoms with Gasteiger partial charge < -0.3 is 11.1 Å². The maximum Gasteiger partial charge on any atom is 0.135 e. The van der Waals surface area contributed by atoms with Crippen LogP contribution < -0.4 is 11.1 Å². The molecule has 2 nitrogen and oxygen atoms in total. The van der Waals surface area contributed by atoms with Gasteiger partial charge >= 0.3 is 0 Å². The molecule has 0 heterocycles. The van der Waals surface area contributed by atoms with E-state index in [1.165, 1.54) is 30.0 Å². The molecule has 0 aliphatic heterocycles. The van der Waals surface area contributed by atoms with Gasteiger partial charge in [0.25, 0.3) is 0 Å². The van der Waals surface area contributed by atoms with Gasteiger partial charge in [0.05, 0.1) is 11.3 Å². The van der Waals surface area contributed by atoms with Crippen LogP contribution in [0.25, 0.3) is 0 Å². The van der Waals surface area contributed by atoms with E-state index >= 15 is 0 Å². The first kappa shape index (κ1) is 14.0. The average molecular weight is 300 g/mol. The van der Waals surface area contributed by atoms with Crippen LogP contribution in [0.5, 0.6) is 0 Å². The monoisotopic (exact) mass is 300 g/mol. The van der Waals surface area contributed by atoms with Crippen molar-refractivity contribution in [3.8, 4) is 0 Å². The van der Waals surface area contributed by atoms with Gasteiger partial charge in [-0.2, -0.15) is 0 Å². The largest absolute Gasteiger partial charge is 0.389 e. The molecular formula is C17H17FN2S. The first-order valence-corrected chi connectivity index (χ1v) is 7.54. The topological polar surface area (TPSA) is 38.0 Å². The van der Waals surface area contributed by atoms with Gasteiger partial charge in [-0.05, 0) is 55.0 Å². The summed E-state index contributed by atoms with van der Waals surface area (Å²) < 4.78 is 13.9. The molecule has 0 saturated heterocycles. The van der Waals surface area contributed by atoms with Gasteiger partial charge in [-0.1, -0.05) is 30.4 Å². The fourth-order valence-corrected chi connectivity index (χ4v) is 3.13. The number of hydrogen-bond donors (Lipinski definition) is 2. The molecule has 0 fully saturated rings. The minimum absolute atomic E-state index is 0.0698. The number of halogens is 1. The number of fused-ring (bicyclic) bond motifs is 1. The number of nitrogens with two attached hydrogens (primary N) is 1. The van der Waals surface area contributed by atoms with Crippen molar-refractivity contribution >= 4 is 28.6 Å². The van der Waals surface area contributed by atoms with Gasteiger partial charge in [0, 0.05) is 5.69 Å². The minimum Gasteiger partial charge on any atom is -0.389 e. The van der Waals surface area contributed by atoms with Gasteiger partial charge in [0.2, 0.25) is 0 Å². The second kappa shape index (κ2) is 5.82. The molecule has 0 bridgehead atoms. The summed E-state index contributed by atoms with van der Waals surface area (Å²) in [5.41, 5.74) is 10.3. The van der Waals surface area contributed by atoms with Gasteiger partial charge in [-0.3, -0.25) is 0 Å². The smallest absolute Gasteiger partial charge is 0.135 e. The third-order valence-corrected chi connectivity index (χ3v) is 4.13. The van der Waals surface area contributed by atoms with Crippen molar-refractivity contribution in [3.63, 3.8) is 0 Å². The fourth-order valence-electron chi connectivity index (χ4n) is 2.92. The molecule has 0 radical (unpaired) electrons. The lowest BCUT2D eigenvalue weighted by Gasteiger charge is -2.21. The van der Waals surface area contributed by atoms with Gasteiger partial charge in [-0.15, -0.1) is 0 Å². The van der Waals surface area contributed by atoms with Crippen LogP contribution in [0.4, 0.5) is 15.8 Å². The predicted octanol–water partition coefficient (Wildman–Crippen LogP) is 4.08. The van der Waals surface area contributed by atoms with E-state index in [1.54, 1.807) is 12.1 Å². The molecule has 1 aliphatic carbocycles. The average Bonchev–Trinajstić information content (AvgIpc) is 2.47. The summed E-state index contributed by atoms with van der Waals surface area (Å²) in [7, 11) is 0. The van der Waals surface area contributed by atoms with Crippen LogP contribution in [0.2, 0.25) is 0 Å². The van der Waals surface area contributed by atoms with Crippen molar-refractivity contribution in [1.29, 1.82) is 0 Å². The Morgan fingerprint density at radius 2 is 1.76 bits per heavy atom. The van der Waals surface area contributed by atoms with Crippen LogP contribution in [-0.2, 0) is 12.8 Å². The van der Waals surface area contributed by atoms with Crippen molar-refractivity contribution in [2.45, 2.75) is 25.7 Å². The summed E-state index contributed by atoms with van der Waals surface area (Å²) in [4.78, 5) is 0.0698. The Balaban J connectivity index is 2.02. The molecular weight excluding hydrogens is 283 g/mol. The van der Waals surface area contributed by atoms with E-state index in [4.69, 9.17) is 18.0 Å². The third-order valence-electron chi connectivity index (χ3n) is 3.93. The lowest BCUT2D eigenvalue weighted by molar-refractivity contribution is 0.626. The Morgan fingerprint density at radius 1 is 1.05 bits per heavy atom. The quantitative estimate of drug-likeness (QED) is 0.839. The number of rotatable bonds is 3. The summed E-state index contributed by atoms with van der Waals surface area (Å²) in [6, 6.07) is 11.1. The zero-order valence-corrected chi connectivity index (χ0v) is 12.5. The molecule has 2 aromatic rings. The van der Waals surface area contributed by atoms with E-state index in [9.17, 15) is 4.39 Å². The van der Waals surface area contributed by atoms with Gasteiger partial charge in [0.1, 0.15) is 10.8 Å². The molecule has 3 rings (SSSR count). The molecule has 21 heavy (non-hydrogen) atoms. The lowest BCUT2D eigenvalue weighted by Crippen LogP contribution is -2.15. The highest BCUT2D eigenvalue weighted by atomic mass is 32.1. The molecule has 0 atom stereocenters. The highest BCUT2D eigenvalue weighted by molar-refractivity contribution is 7.80. The molecule has 2 aromatic carbocycles. The normalized spacial score (nSPS) is 13.6. The highest BCUT2D eigenvalue weighted by Crippen LogP contribution is 2.31. The van der Waals surface area contributed by atoms with E-state index in [0.717, 1.165) is 18.5 Å². The molecule has 0 unspecified atom stereocenters. The fraction of sp³-hybridized carbons (Fsp3) is 0.235. The number of benzene rings is 2. The number of nitrogens with one attached hydrogen (secondary N) is 1. The van der Waals surface area contributed by atoms with Gasteiger partial charge in [0.15, 0.2) is 0 Å². The Kier molecular flexibility index (Phi) is 3.88. The number of aryl methyl sites for hydroxylation is 1. The second-order valence-corrected chi connectivity index (χ2v) is 5.74. The zero-order chi connectivity index (χ0) is 14.8. The Morgan fingerprint density at radius 3 is 2.57 bits per heavy atom. The van der Waals surface area contributed by atoms with Crippen LogP contribution in [0.1, 0.15) is 29.5 Å². The molecule has 3 N–H and O–H groups in total. The van der Waals surface area contributed by atoms with Crippen LogP contribution in [0.15, 0.2) is 36.4 Å². The lowest BCUT2D eigenvalue weighted by atomic mass is 9.90. The molecule has 108 valence electrons. The maximum atomic E-state index is 13.9. The summed E-state index contributed by atoms with van der Waals surface area (Å²) >= 11 is 4.97. The molecule has 1 aliphatic rings. The summed E-state index contributed by atoms with van der Waals surface area (Å²) in [6.07, 6.45) is 4.58.